The molecule has 1 aromatic carbocycles. The summed E-state index contributed by atoms with van der Waals surface area (Å²) in [6.07, 6.45) is 3.78. The Labute approximate surface area is 167 Å². The highest BCUT2D eigenvalue weighted by molar-refractivity contribution is 8.00. The Morgan fingerprint density at radius 3 is 2.86 bits per heavy atom. The molecule has 0 spiro atoms. The Morgan fingerprint density at radius 2 is 2.14 bits per heavy atom. The highest BCUT2D eigenvalue weighted by Crippen LogP contribution is 2.30. The average Bonchev–Trinajstić information content (AvgIpc) is 3.47. The number of furan rings is 1. The standard InChI is InChI=1S/C20H22N4O3S/c1-14(19(25)21-13-16-9-5-11-26-16)28-20-23-22-18(17-10-6-12-27-17)24(20)15-7-3-2-4-8-15/h2-4,6-8,10,12,14,16H,5,9,11,13H2,1H3,(H,21,25)/t14-,16-/m1/s1. The van der Waals surface area contributed by atoms with E-state index in [0.717, 1.165) is 25.1 Å². The first-order valence-electron chi connectivity index (χ1n) is 9.33. The largest absolute Gasteiger partial charge is 0.461 e. The lowest BCUT2D eigenvalue weighted by atomic mass is 10.2. The van der Waals surface area contributed by atoms with Gasteiger partial charge in [0.15, 0.2) is 10.9 Å². The second-order valence-corrected chi connectivity index (χ2v) is 7.90. The smallest absolute Gasteiger partial charge is 0.233 e. The fourth-order valence-corrected chi connectivity index (χ4v) is 3.99. The Morgan fingerprint density at radius 1 is 1.29 bits per heavy atom. The number of nitrogens with one attached hydrogen (secondary N) is 1. The molecule has 1 amide bonds. The number of carbonyl (C=O) groups is 1. The lowest BCUT2D eigenvalue weighted by Gasteiger charge is -2.15. The fourth-order valence-electron chi connectivity index (χ4n) is 3.10. The van der Waals surface area contributed by atoms with Crippen LogP contribution in [0.1, 0.15) is 19.8 Å². The third kappa shape index (κ3) is 4.13. The number of benzene rings is 1. The van der Waals surface area contributed by atoms with Crippen LogP contribution < -0.4 is 5.32 Å². The minimum Gasteiger partial charge on any atom is -0.461 e. The number of rotatable bonds is 7. The first kappa shape index (κ1) is 18.8. The molecule has 28 heavy (non-hydrogen) atoms. The Hall–Kier alpha value is -2.58. The molecule has 0 aliphatic carbocycles. The predicted molar refractivity (Wildman–Crippen MR) is 106 cm³/mol. The molecule has 0 bridgehead atoms. The summed E-state index contributed by atoms with van der Waals surface area (Å²) in [7, 11) is 0. The molecule has 146 valence electrons. The number of carbonyl (C=O) groups excluding carboxylic acids is 1. The van der Waals surface area contributed by atoms with Gasteiger partial charge in [-0.3, -0.25) is 9.36 Å². The van der Waals surface area contributed by atoms with E-state index in [-0.39, 0.29) is 17.3 Å². The molecule has 0 saturated carbocycles. The number of thioether (sulfide) groups is 1. The number of aromatic nitrogens is 3. The molecule has 1 fully saturated rings. The van der Waals surface area contributed by atoms with E-state index < -0.39 is 0 Å². The van der Waals surface area contributed by atoms with Crippen LogP contribution in [-0.4, -0.2) is 45.2 Å². The average molecular weight is 398 g/mol. The van der Waals surface area contributed by atoms with Gasteiger partial charge in [0, 0.05) is 18.8 Å². The van der Waals surface area contributed by atoms with Crippen LogP contribution in [0.4, 0.5) is 0 Å². The molecule has 3 heterocycles. The maximum atomic E-state index is 12.5. The summed E-state index contributed by atoms with van der Waals surface area (Å²) in [5.74, 6) is 1.19. The minimum atomic E-state index is -0.322. The molecule has 2 atom stereocenters. The number of nitrogens with zero attached hydrogens (tertiary/aromatic N) is 3. The number of para-hydroxylation sites is 1. The lowest BCUT2D eigenvalue weighted by Crippen LogP contribution is -2.36. The summed E-state index contributed by atoms with van der Waals surface area (Å²) in [6, 6.07) is 13.5. The van der Waals surface area contributed by atoms with Crippen molar-refractivity contribution in [3.63, 3.8) is 0 Å². The van der Waals surface area contributed by atoms with Gasteiger partial charge in [-0.05, 0) is 44.0 Å². The first-order chi connectivity index (χ1) is 13.7. The van der Waals surface area contributed by atoms with E-state index in [0.29, 0.717) is 23.3 Å². The molecule has 3 aromatic rings. The van der Waals surface area contributed by atoms with Crippen molar-refractivity contribution in [1.82, 2.24) is 20.1 Å². The molecule has 1 saturated heterocycles. The summed E-state index contributed by atoms with van der Waals surface area (Å²) in [5, 5.41) is 11.9. The topological polar surface area (TPSA) is 82.2 Å². The van der Waals surface area contributed by atoms with E-state index in [4.69, 9.17) is 9.15 Å². The number of hydrogen-bond acceptors (Lipinski definition) is 6. The molecule has 2 aromatic heterocycles. The van der Waals surface area contributed by atoms with Crippen molar-refractivity contribution in [3.8, 4) is 17.3 Å². The maximum Gasteiger partial charge on any atom is 0.233 e. The quantitative estimate of drug-likeness (QED) is 0.615. The molecule has 7 nitrogen and oxygen atoms in total. The SMILES string of the molecule is C[C@@H](Sc1nnc(-c2ccco2)n1-c1ccccc1)C(=O)NC[C@H]1CCCO1. The van der Waals surface area contributed by atoms with Crippen LogP contribution in [0.2, 0.25) is 0 Å². The van der Waals surface area contributed by atoms with E-state index >= 15 is 0 Å². The van der Waals surface area contributed by atoms with Gasteiger partial charge in [-0.1, -0.05) is 30.0 Å². The number of ether oxygens (including phenoxy) is 1. The number of hydrogen-bond donors (Lipinski definition) is 1. The van der Waals surface area contributed by atoms with Gasteiger partial charge in [0.2, 0.25) is 11.7 Å². The van der Waals surface area contributed by atoms with Gasteiger partial charge in [-0.15, -0.1) is 10.2 Å². The molecule has 8 heteroatoms. The highest BCUT2D eigenvalue weighted by Gasteiger charge is 2.24. The van der Waals surface area contributed by atoms with Gasteiger partial charge in [0.1, 0.15) is 0 Å². The van der Waals surface area contributed by atoms with E-state index in [9.17, 15) is 4.79 Å². The van der Waals surface area contributed by atoms with Crippen molar-refractivity contribution in [2.24, 2.45) is 0 Å². The maximum absolute atomic E-state index is 12.5. The summed E-state index contributed by atoms with van der Waals surface area (Å²) < 4.78 is 13.0. The van der Waals surface area contributed by atoms with Gasteiger partial charge in [0.05, 0.1) is 17.6 Å². The van der Waals surface area contributed by atoms with Crippen LogP contribution in [-0.2, 0) is 9.53 Å². The van der Waals surface area contributed by atoms with Crippen molar-refractivity contribution in [2.75, 3.05) is 13.2 Å². The van der Waals surface area contributed by atoms with Crippen molar-refractivity contribution in [2.45, 2.75) is 36.3 Å². The van der Waals surface area contributed by atoms with Gasteiger partial charge >= 0.3 is 0 Å². The van der Waals surface area contributed by atoms with Crippen molar-refractivity contribution < 1.29 is 13.9 Å². The third-order valence-corrected chi connectivity index (χ3v) is 5.61. The molecule has 0 radical (unpaired) electrons. The molecule has 0 unspecified atom stereocenters. The Balaban J connectivity index is 1.53. The molecule has 1 aliphatic heterocycles. The van der Waals surface area contributed by atoms with Crippen LogP contribution in [0.25, 0.3) is 17.3 Å². The van der Waals surface area contributed by atoms with Gasteiger partial charge < -0.3 is 14.5 Å². The molecule has 1 N–H and O–H groups in total. The third-order valence-electron chi connectivity index (χ3n) is 4.57. The van der Waals surface area contributed by atoms with E-state index in [1.165, 1.54) is 11.8 Å². The van der Waals surface area contributed by atoms with Gasteiger partial charge in [0.25, 0.3) is 0 Å². The van der Waals surface area contributed by atoms with Crippen molar-refractivity contribution >= 4 is 17.7 Å². The zero-order chi connectivity index (χ0) is 19.3. The highest BCUT2D eigenvalue weighted by atomic mass is 32.2. The Bertz CT molecular complexity index is 905. The lowest BCUT2D eigenvalue weighted by molar-refractivity contribution is -0.120. The molecular weight excluding hydrogens is 376 g/mol. The second kappa shape index (κ2) is 8.62. The zero-order valence-corrected chi connectivity index (χ0v) is 16.4. The van der Waals surface area contributed by atoms with Crippen LogP contribution in [0.5, 0.6) is 0 Å². The van der Waals surface area contributed by atoms with E-state index in [1.807, 2.05) is 54.0 Å². The minimum absolute atomic E-state index is 0.0392. The van der Waals surface area contributed by atoms with Gasteiger partial charge in [-0.2, -0.15) is 0 Å². The van der Waals surface area contributed by atoms with Crippen molar-refractivity contribution in [1.29, 1.82) is 0 Å². The summed E-state index contributed by atoms with van der Waals surface area (Å²) in [4.78, 5) is 12.5. The Kier molecular flexibility index (Phi) is 5.78. The van der Waals surface area contributed by atoms with Crippen LogP contribution in [0, 0.1) is 0 Å². The monoisotopic (exact) mass is 398 g/mol. The summed E-state index contributed by atoms with van der Waals surface area (Å²) in [5.41, 5.74) is 0.911. The molecule has 4 rings (SSSR count). The van der Waals surface area contributed by atoms with Crippen LogP contribution >= 0.6 is 11.8 Å². The first-order valence-corrected chi connectivity index (χ1v) is 10.2. The molecular formula is C20H22N4O3S. The zero-order valence-electron chi connectivity index (χ0n) is 15.6. The van der Waals surface area contributed by atoms with Crippen LogP contribution in [0.15, 0.2) is 58.3 Å². The normalized spacial score (nSPS) is 17.5. The summed E-state index contributed by atoms with van der Waals surface area (Å²) in [6.45, 7) is 3.19. The molecule has 1 aliphatic rings. The number of amides is 1. The van der Waals surface area contributed by atoms with E-state index in [1.54, 1.807) is 6.26 Å². The van der Waals surface area contributed by atoms with Crippen molar-refractivity contribution in [3.05, 3.63) is 48.7 Å². The predicted octanol–water partition coefficient (Wildman–Crippen LogP) is 3.30. The fraction of sp³-hybridized carbons (Fsp3) is 0.350. The second-order valence-electron chi connectivity index (χ2n) is 6.59. The summed E-state index contributed by atoms with van der Waals surface area (Å²) >= 11 is 1.37. The van der Waals surface area contributed by atoms with E-state index in [2.05, 4.69) is 15.5 Å². The van der Waals surface area contributed by atoms with Crippen LogP contribution in [0.3, 0.4) is 0 Å². The van der Waals surface area contributed by atoms with Gasteiger partial charge in [-0.25, -0.2) is 0 Å².